The summed E-state index contributed by atoms with van der Waals surface area (Å²) in [6, 6.07) is 6.07. The number of hydrogen-bond acceptors (Lipinski definition) is 5. The molecule has 4 N–H and O–H groups in total. The number of hydrogen-bond donors (Lipinski definition) is 4. The van der Waals surface area contributed by atoms with Gasteiger partial charge in [0.25, 0.3) is 0 Å². The van der Waals surface area contributed by atoms with E-state index in [1.54, 1.807) is 12.1 Å². The maximum absolute atomic E-state index is 11.5. The molecule has 1 aromatic carbocycles. The van der Waals surface area contributed by atoms with Crippen LogP contribution in [0.2, 0.25) is 0 Å². The van der Waals surface area contributed by atoms with Gasteiger partial charge >= 0.3 is 11.8 Å². The number of anilines is 2. The summed E-state index contributed by atoms with van der Waals surface area (Å²) in [5.74, 6) is -1.91. The number of H-pyrrole nitrogens is 1. The molecule has 0 aliphatic rings. The molecular weight excluding hydrogens is 238 g/mol. The molecule has 0 saturated carbocycles. The van der Waals surface area contributed by atoms with E-state index in [9.17, 15) is 14.7 Å². The lowest BCUT2D eigenvalue weighted by Gasteiger charge is -2.05. The van der Waals surface area contributed by atoms with E-state index in [2.05, 4.69) is 25.8 Å². The van der Waals surface area contributed by atoms with Crippen molar-refractivity contribution in [3.8, 4) is 5.75 Å². The number of aromatic nitrogens is 3. The Bertz CT molecular complexity index is 567. The van der Waals surface area contributed by atoms with Crippen molar-refractivity contribution < 1.29 is 14.7 Å². The Hall–Kier alpha value is -2.90. The molecule has 0 bridgehead atoms. The van der Waals surface area contributed by atoms with Gasteiger partial charge in [-0.3, -0.25) is 14.9 Å². The number of phenolic OH excluding ortho intramolecular Hbond substituents is 1. The van der Waals surface area contributed by atoms with E-state index in [4.69, 9.17) is 0 Å². The molecule has 2 rings (SSSR count). The number of rotatable bonds is 2. The molecule has 0 atom stereocenters. The highest BCUT2D eigenvalue weighted by molar-refractivity contribution is 6.43. The summed E-state index contributed by atoms with van der Waals surface area (Å²) < 4.78 is 0. The van der Waals surface area contributed by atoms with Gasteiger partial charge < -0.3 is 10.4 Å². The van der Waals surface area contributed by atoms with Gasteiger partial charge in [0.2, 0.25) is 5.95 Å². The van der Waals surface area contributed by atoms with Gasteiger partial charge in [0, 0.05) is 0 Å². The molecule has 1 heterocycles. The largest absolute Gasteiger partial charge is 0.506 e. The van der Waals surface area contributed by atoms with Crippen LogP contribution in [0.4, 0.5) is 11.6 Å². The van der Waals surface area contributed by atoms with Crippen LogP contribution in [-0.2, 0) is 9.59 Å². The number of phenols is 1. The fourth-order valence-electron chi connectivity index (χ4n) is 1.19. The van der Waals surface area contributed by atoms with Crippen LogP contribution in [-0.4, -0.2) is 32.1 Å². The maximum atomic E-state index is 11.5. The predicted molar refractivity (Wildman–Crippen MR) is 61.7 cm³/mol. The summed E-state index contributed by atoms with van der Waals surface area (Å²) in [7, 11) is 0. The Morgan fingerprint density at radius 1 is 1.17 bits per heavy atom. The van der Waals surface area contributed by atoms with Gasteiger partial charge in [-0.1, -0.05) is 12.1 Å². The average molecular weight is 247 g/mol. The average Bonchev–Trinajstić information content (AvgIpc) is 2.84. The molecular formula is C10H9N5O3. The standard InChI is InChI=1S/C10H9N5O3/c16-7-4-2-1-3-6(7)13-8(17)9(18)14-10-11-5-12-15-10/h1-5,16H,(H,13,17)(H2,11,12,14,15,18). The monoisotopic (exact) mass is 247 g/mol. The van der Waals surface area contributed by atoms with Crippen molar-refractivity contribution in [2.75, 3.05) is 10.6 Å². The second kappa shape index (κ2) is 4.95. The minimum Gasteiger partial charge on any atom is -0.506 e. The third-order valence-electron chi connectivity index (χ3n) is 2.01. The number of carbonyl (C=O) groups is 2. The fourth-order valence-corrected chi connectivity index (χ4v) is 1.19. The lowest BCUT2D eigenvalue weighted by molar-refractivity contribution is -0.133. The van der Waals surface area contributed by atoms with E-state index in [0.717, 1.165) is 0 Å². The Balaban J connectivity index is 2.00. The molecule has 92 valence electrons. The van der Waals surface area contributed by atoms with E-state index in [1.807, 2.05) is 0 Å². The van der Waals surface area contributed by atoms with Gasteiger partial charge in [0.1, 0.15) is 12.1 Å². The number of carbonyl (C=O) groups excluding carboxylic acids is 2. The van der Waals surface area contributed by atoms with Gasteiger partial charge in [-0.05, 0) is 12.1 Å². The first-order chi connectivity index (χ1) is 8.66. The van der Waals surface area contributed by atoms with Crippen molar-refractivity contribution in [1.29, 1.82) is 0 Å². The first-order valence-corrected chi connectivity index (χ1v) is 4.92. The van der Waals surface area contributed by atoms with Gasteiger partial charge in [0.05, 0.1) is 5.69 Å². The summed E-state index contributed by atoms with van der Waals surface area (Å²) in [5, 5.41) is 19.8. The third kappa shape index (κ3) is 2.61. The van der Waals surface area contributed by atoms with E-state index < -0.39 is 11.8 Å². The fraction of sp³-hybridized carbons (Fsp3) is 0. The smallest absolute Gasteiger partial charge is 0.316 e. The van der Waals surface area contributed by atoms with Crippen LogP contribution in [0.25, 0.3) is 0 Å². The van der Waals surface area contributed by atoms with E-state index in [-0.39, 0.29) is 17.4 Å². The molecule has 0 spiro atoms. The molecule has 0 aliphatic carbocycles. The van der Waals surface area contributed by atoms with E-state index >= 15 is 0 Å². The highest BCUT2D eigenvalue weighted by atomic mass is 16.3. The zero-order valence-corrected chi connectivity index (χ0v) is 9.04. The van der Waals surface area contributed by atoms with Crippen LogP contribution in [0, 0.1) is 0 Å². The van der Waals surface area contributed by atoms with Crippen LogP contribution in [0.15, 0.2) is 30.6 Å². The van der Waals surface area contributed by atoms with Crippen LogP contribution in [0.3, 0.4) is 0 Å². The van der Waals surface area contributed by atoms with Gasteiger partial charge in [-0.2, -0.15) is 10.1 Å². The second-order valence-corrected chi connectivity index (χ2v) is 3.26. The Kier molecular flexibility index (Phi) is 3.19. The molecule has 8 nitrogen and oxygen atoms in total. The van der Waals surface area contributed by atoms with Crippen LogP contribution in [0.1, 0.15) is 0 Å². The number of aromatic hydroxyl groups is 1. The summed E-state index contributed by atoms with van der Waals surface area (Å²) in [6.07, 6.45) is 1.19. The first kappa shape index (κ1) is 11.6. The van der Waals surface area contributed by atoms with Crippen LogP contribution in [0.5, 0.6) is 5.75 Å². The predicted octanol–water partition coefficient (Wildman–Crippen LogP) is 0.0875. The Morgan fingerprint density at radius 2 is 1.89 bits per heavy atom. The van der Waals surface area contributed by atoms with E-state index in [1.165, 1.54) is 18.5 Å². The molecule has 0 radical (unpaired) electrons. The highest BCUT2D eigenvalue weighted by Crippen LogP contribution is 2.21. The van der Waals surface area contributed by atoms with Gasteiger partial charge in [-0.15, -0.1) is 0 Å². The summed E-state index contributed by atoms with van der Waals surface area (Å²) in [5.41, 5.74) is 0.148. The van der Waals surface area contributed by atoms with Crippen molar-refractivity contribution in [2.45, 2.75) is 0 Å². The zero-order chi connectivity index (χ0) is 13.0. The zero-order valence-electron chi connectivity index (χ0n) is 9.04. The number of para-hydroxylation sites is 2. The molecule has 0 fully saturated rings. The minimum atomic E-state index is -0.923. The molecule has 0 aliphatic heterocycles. The Morgan fingerprint density at radius 3 is 2.56 bits per heavy atom. The molecule has 0 saturated heterocycles. The van der Waals surface area contributed by atoms with Crippen molar-refractivity contribution >= 4 is 23.5 Å². The molecule has 0 unspecified atom stereocenters. The molecule has 1 aromatic heterocycles. The molecule has 2 aromatic rings. The topological polar surface area (TPSA) is 120 Å². The molecule has 2 amide bonds. The lowest BCUT2D eigenvalue weighted by Crippen LogP contribution is -2.29. The summed E-state index contributed by atoms with van der Waals surface area (Å²) >= 11 is 0. The van der Waals surface area contributed by atoms with Crippen molar-refractivity contribution in [3.63, 3.8) is 0 Å². The van der Waals surface area contributed by atoms with Crippen molar-refractivity contribution in [3.05, 3.63) is 30.6 Å². The minimum absolute atomic E-state index is 0.0624. The van der Waals surface area contributed by atoms with Crippen molar-refractivity contribution in [1.82, 2.24) is 15.2 Å². The normalized spacial score (nSPS) is 9.78. The maximum Gasteiger partial charge on any atom is 0.316 e. The number of nitrogens with one attached hydrogen (secondary N) is 3. The van der Waals surface area contributed by atoms with E-state index in [0.29, 0.717) is 0 Å². The van der Waals surface area contributed by atoms with Crippen molar-refractivity contribution in [2.24, 2.45) is 0 Å². The summed E-state index contributed by atoms with van der Waals surface area (Å²) in [6.45, 7) is 0. The summed E-state index contributed by atoms with van der Waals surface area (Å²) in [4.78, 5) is 26.6. The molecule has 18 heavy (non-hydrogen) atoms. The lowest BCUT2D eigenvalue weighted by atomic mass is 10.3. The SMILES string of the molecule is O=C(Nc1ncn[nH]1)C(=O)Nc1ccccc1O. The van der Waals surface area contributed by atoms with Gasteiger partial charge in [-0.25, -0.2) is 5.10 Å². The molecule has 8 heteroatoms. The highest BCUT2D eigenvalue weighted by Gasteiger charge is 2.16. The number of amides is 2. The third-order valence-corrected chi connectivity index (χ3v) is 2.01. The van der Waals surface area contributed by atoms with Crippen LogP contribution >= 0.6 is 0 Å². The Labute approximate surface area is 101 Å². The van der Waals surface area contributed by atoms with Gasteiger partial charge in [0.15, 0.2) is 0 Å². The second-order valence-electron chi connectivity index (χ2n) is 3.26. The number of nitrogens with zero attached hydrogens (tertiary/aromatic N) is 2. The van der Waals surface area contributed by atoms with Crippen LogP contribution < -0.4 is 10.6 Å². The number of benzene rings is 1. The quantitative estimate of drug-likeness (QED) is 0.442. The number of aromatic amines is 1. The first-order valence-electron chi connectivity index (χ1n) is 4.92.